The Labute approximate surface area is 136 Å². The molecule has 0 saturated carbocycles. The lowest BCUT2D eigenvalue weighted by Crippen LogP contribution is -2.24. The summed E-state index contributed by atoms with van der Waals surface area (Å²) in [5.41, 5.74) is 2.46. The number of carbonyl (C=O) groups excluding carboxylic acids is 1. The highest BCUT2D eigenvalue weighted by atomic mass is 32.2. The van der Waals surface area contributed by atoms with Gasteiger partial charge in [-0.1, -0.05) is 18.2 Å². The van der Waals surface area contributed by atoms with Crippen molar-refractivity contribution in [3.63, 3.8) is 0 Å². The molecule has 0 aliphatic rings. The number of rotatable bonds is 7. The molecule has 0 saturated heterocycles. The number of hydrogen-bond acceptors (Lipinski definition) is 4. The molecule has 122 valence electrons. The van der Waals surface area contributed by atoms with Crippen molar-refractivity contribution in [1.82, 2.24) is 15.0 Å². The number of benzene rings is 1. The quantitative estimate of drug-likeness (QED) is 0.794. The average molecular weight is 333 g/mol. The molecule has 0 radical (unpaired) electrons. The smallest absolute Gasteiger partial charge is 0.251 e. The molecule has 1 amide bonds. The van der Waals surface area contributed by atoms with E-state index in [0.29, 0.717) is 25.1 Å². The Bertz CT molecular complexity index is 744. The Balaban J connectivity index is 1.85. The van der Waals surface area contributed by atoms with Crippen molar-refractivity contribution in [2.45, 2.75) is 13.0 Å². The fourth-order valence-corrected chi connectivity index (χ4v) is 2.46. The van der Waals surface area contributed by atoms with Gasteiger partial charge in [0.25, 0.3) is 5.91 Å². The molecule has 0 aliphatic carbocycles. The maximum absolute atomic E-state index is 12.1. The number of hydrogen-bond donors (Lipinski definition) is 2. The molecule has 2 aromatic rings. The monoisotopic (exact) mass is 333 g/mol. The Morgan fingerprint density at radius 1 is 1.13 bits per heavy atom. The summed E-state index contributed by atoms with van der Waals surface area (Å²) in [5, 5.41) is 2.83. The zero-order chi connectivity index (χ0) is 16.7. The van der Waals surface area contributed by atoms with E-state index in [9.17, 15) is 13.2 Å². The first kappa shape index (κ1) is 17.1. The van der Waals surface area contributed by atoms with Gasteiger partial charge in [0.15, 0.2) is 0 Å². The van der Waals surface area contributed by atoms with Crippen LogP contribution in [-0.4, -0.2) is 32.1 Å². The van der Waals surface area contributed by atoms with Crippen molar-refractivity contribution >= 4 is 15.9 Å². The van der Waals surface area contributed by atoms with E-state index in [-0.39, 0.29) is 5.91 Å². The van der Waals surface area contributed by atoms with Crippen LogP contribution in [0, 0.1) is 0 Å². The second-order valence-electron chi connectivity index (χ2n) is 5.16. The maximum atomic E-state index is 12.1. The highest BCUT2D eigenvalue weighted by Crippen LogP contribution is 2.06. The molecular formula is C16H19N3O3S. The minimum Gasteiger partial charge on any atom is -0.348 e. The molecule has 1 aromatic carbocycles. The van der Waals surface area contributed by atoms with Crippen LogP contribution in [0.5, 0.6) is 0 Å². The first-order valence-electron chi connectivity index (χ1n) is 7.15. The molecule has 0 aliphatic heterocycles. The van der Waals surface area contributed by atoms with Gasteiger partial charge in [0.2, 0.25) is 10.0 Å². The fourth-order valence-electron chi connectivity index (χ4n) is 1.99. The summed E-state index contributed by atoms with van der Waals surface area (Å²) in [7, 11) is -3.17. The fraction of sp³-hybridized carbons (Fsp3) is 0.250. The van der Waals surface area contributed by atoms with Gasteiger partial charge in [0, 0.05) is 31.0 Å². The van der Waals surface area contributed by atoms with Gasteiger partial charge in [-0.3, -0.25) is 9.78 Å². The van der Waals surface area contributed by atoms with Crippen molar-refractivity contribution in [1.29, 1.82) is 0 Å². The van der Waals surface area contributed by atoms with E-state index in [1.807, 2.05) is 24.3 Å². The van der Waals surface area contributed by atoms with Gasteiger partial charge in [0.05, 0.1) is 6.26 Å². The predicted molar refractivity (Wildman–Crippen MR) is 88.4 cm³/mol. The van der Waals surface area contributed by atoms with Crippen molar-refractivity contribution < 1.29 is 13.2 Å². The largest absolute Gasteiger partial charge is 0.348 e. The molecule has 7 heteroatoms. The number of carbonyl (C=O) groups is 1. The van der Waals surface area contributed by atoms with E-state index in [1.165, 1.54) is 0 Å². The number of amides is 1. The summed E-state index contributed by atoms with van der Waals surface area (Å²) in [5.74, 6) is -0.158. The SMILES string of the molecule is CS(=O)(=O)NCCc1ccc(C(=O)NCc2cccnc2)cc1. The van der Waals surface area contributed by atoms with Gasteiger partial charge in [-0.05, 0) is 35.7 Å². The Morgan fingerprint density at radius 2 is 1.87 bits per heavy atom. The maximum Gasteiger partial charge on any atom is 0.251 e. The minimum absolute atomic E-state index is 0.158. The second-order valence-corrected chi connectivity index (χ2v) is 6.99. The van der Waals surface area contributed by atoms with Gasteiger partial charge < -0.3 is 5.32 Å². The second kappa shape index (κ2) is 7.85. The number of nitrogens with one attached hydrogen (secondary N) is 2. The van der Waals surface area contributed by atoms with Gasteiger partial charge >= 0.3 is 0 Å². The lowest BCUT2D eigenvalue weighted by Gasteiger charge is -2.07. The van der Waals surface area contributed by atoms with Gasteiger partial charge in [0.1, 0.15) is 0 Å². The molecule has 2 N–H and O–H groups in total. The Hall–Kier alpha value is -2.25. The van der Waals surface area contributed by atoms with Gasteiger partial charge in [-0.15, -0.1) is 0 Å². The van der Waals surface area contributed by atoms with Crippen LogP contribution >= 0.6 is 0 Å². The topological polar surface area (TPSA) is 88.2 Å². The third-order valence-corrected chi connectivity index (χ3v) is 3.90. The molecule has 0 atom stereocenters. The van der Waals surface area contributed by atoms with Crippen molar-refractivity contribution in [2.24, 2.45) is 0 Å². The van der Waals surface area contributed by atoms with Crippen LogP contribution in [0.1, 0.15) is 21.5 Å². The zero-order valence-corrected chi connectivity index (χ0v) is 13.6. The summed E-state index contributed by atoms with van der Waals surface area (Å²) in [6.45, 7) is 0.762. The molecule has 0 bridgehead atoms. The zero-order valence-electron chi connectivity index (χ0n) is 12.8. The first-order chi connectivity index (χ1) is 10.9. The molecular weight excluding hydrogens is 314 g/mol. The summed E-state index contributed by atoms with van der Waals surface area (Å²) in [4.78, 5) is 16.0. The van der Waals surface area contributed by atoms with Gasteiger partial charge in [-0.2, -0.15) is 0 Å². The van der Waals surface area contributed by atoms with E-state index in [1.54, 1.807) is 24.5 Å². The van der Waals surface area contributed by atoms with Crippen molar-refractivity contribution in [3.05, 3.63) is 65.5 Å². The van der Waals surface area contributed by atoms with Crippen LogP contribution < -0.4 is 10.0 Å². The summed E-state index contributed by atoms with van der Waals surface area (Å²) < 4.78 is 24.4. The summed E-state index contributed by atoms with van der Waals surface area (Å²) >= 11 is 0. The van der Waals surface area contributed by atoms with E-state index < -0.39 is 10.0 Å². The molecule has 0 fully saturated rings. The molecule has 23 heavy (non-hydrogen) atoms. The number of pyridine rings is 1. The predicted octanol–water partition coefficient (Wildman–Crippen LogP) is 1.10. The lowest BCUT2D eigenvalue weighted by atomic mass is 10.1. The standard InChI is InChI=1S/C16H19N3O3S/c1-23(21,22)19-10-8-13-4-6-15(7-5-13)16(20)18-12-14-3-2-9-17-11-14/h2-7,9,11,19H,8,10,12H2,1H3,(H,18,20). The Kier molecular flexibility index (Phi) is 5.84. The molecule has 2 rings (SSSR count). The summed E-state index contributed by atoms with van der Waals surface area (Å²) in [6, 6.07) is 10.8. The molecule has 6 nitrogen and oxygen atoms in total. The number of sulfonamides is 1. The first-order valence-corrected chi connectivity index (χ1v) is 9.04. The van der Waals surface area contributed by atoms with Crippen LogP contribution in [0.25, 0.3) is 0 Å². The van der Waals surface area contributed by atoms with E-state index in [4.69, 9.17) is 0 Å². The molecule has 1 heterocycles. The number of aromatic nitrogens is 1. The summed E-state index contributed by atoms with van der Waals surface area (Å²) in [6.07, 6.45) is 5.09. The van der Waals surface area contributed by atoms with E-state index in [0.717, 1.165) is 17.4 Å². The highest BCUT2D eigenvalue weighted by Gasteiger charge is 2.06. The van der Waals surface area contributed by atoms with Crippen LogP contribution in [0.15, 0.2) is 48.8 Å². The lowest BCUT2D eigenvalue weighted by molar-refractivity contribution is 0.0951. The molecule has 0 spiro atoms. The van der Waals surface area contributed by atoms with Crippen LogP contribution in [-0.2, 0) is 23.0 Å². The normalized spacial score (nSPS) is 11.2. The Morgan fingerprint density at radius 3 is 2.48 bits per heavy atom. The highest BCUT2D eigenvalue weighted by molar-refractivity contribution is 7.88. The third kappa shape index (κ3) is 6.17. The van der Waals surface area contributed by atoms with Crippen LogP contribution in [0.3, 0.4) is 0 Å². The molecule has 1 aromatic heterocycles. The average Bonchev–Trinajstić information content (AvgIpc) is 2.53. The minimum atomic E-state index is -3.17. The van der Waals surface area contributed by atoms with Crippen LogP contribution in [0.2, 0.25) is 0 Å². The van der Waals surface area contributed by atoms with E-state index >= 15 is 0 Å². The van der Waals surface area contributed by atoms with E-state index in [2.05, 4.69) is 15.0 Å². The van der Waals surface area contributed by atoms with Crippen LogP contribution in [0.4, 0.5) is 0 Å². The number of nitrogens with zero attached hydrogens (tertiary/aromatic N) is 1. The molecule has 0 unspecified atom stereocenters. The van der Waals surface area contributed by atoms with Crippen molar-refractivity contribution in [3.8, 4) is 0 Å². The third-order valence-electron chi connectivity index (χ3n) is 3.17. The van der Waals surface area contributed by atoms with Gasteiger partial charge in [-0.25, -0.2) is 13.1 Å². The van der Waals surface area contributed by atoms with Crippen molar-refractivity contribution in [2.75, 3.05) is 12.8 Å².